The Hall–Kier alpha value is -1.35. The van der Waals surface area contributed by atoms with Crippen LogP contribution in [-0.2, 0) is 0 Å². The Labute approximate surface area is 139 Å². The zero-order chi connectivity index (χ0) is 14.5. The van der Waals surface area contributed by atoms with Crippen LogP contribution >= 0.6 is 0 Å². The molecule has 0 bridgehead atoms. The van der Waals surface area contributed by atoms with Gasteiger partial charge in [0.2, 0.25) is 0 Å². The van der Waals surface area contributed by atoms with Gasteiger partial charge in [0.1, 0.15) is 6.04 Å². The fourth-order valence-corrected chi connectivity index (χ4v) is 3.58. The summed E-state index contributed by atoms with van der Waals surface area (Å²) in [6.07, 6.45) is 2.50. The molecule has 2 aromatic rings. The molecule has 3 atom stereocenters. The Morgan fingerprint density at radius 2 is 1.64 bits per heavy atom. The number of quaternary nitrogens is 1. The maximum atomic E-state index is 9.87. The molecule has 2 nitrogen and oxygen atoms in total. The van der Waals surface area contributed by atoms with Crippen molar-refractivity contribution in [2.24, 2.45) is 0 Å². The summed E-state index contributed by atoms with van der Waals surface area (Å²) in [6.45, 7) is 2.49. The third kappa shape index (κ3) is 3.89. The molecule has 0 amide bonds. The number of aliphatic hydroxyl groups excluding tert-OH is 1. The summed E-state index contributed by atoms with van der Waals surface area (Å²) in [5.41, 5.74) is 2.70. The van der Waals surface area contributed by atoms with Crippen LogP contribution in [0.15, 0.2) is 60.7 Å². The van der Waals surface area contributed by atoms with Crippen LogP contribution < -0.4 is 17.3 Å². The molecular formula is C19H24ClNO. The van der Waals surface area contributed by atoms with Gasteiger partial charge in [-0.3, -0.25) is 0 Å². The molecule has 0 spiro atoms. The number of hydrogen-bond donors (Lipinski definition) is 2. The van der Waals surface area contributed by atoms with E-state index in [1.165, 1.54) is 28.9 Å². The Balaban J connectivity index is 0.00000176. The Kier molecular flexibility index (Phi) is 6.44. The fraction of sp³-hybridized carbons (Fsp3) is 0.368. The van der Waals surface area contributed by atoms with E-state index in [9.17, 15) is 5.11 Å². The van der Waals surface area contributed by atoms with E-state index in [1.807, 2.05) is 6.07 Å². The average molecular weight is 318 g/mol. The van der Waals surface area contributed by atoms with Gasteiger partial charge in [0.05, 0.1) is 19.7 Å². The number of nitrogens with one attached hydrogen (secondary N) is 1. The van der Waals surface area contributed by atoms with Crippen molar-refractivity contribution >= 4 is 0 Å². The predicted molar refractivity (Wildman–Crippen MR) is 85.4 cm³/mol. The van der Waals surface area contributed by atoms with Gasteiger partial charge in [-0.1, -0.05) is 60.7 Å². The van der Waals surface area contributed by atoms with E-state index in [-0.39, 0.29) is 25.1 Å². The molecule has 118 valence electrons. The molecule has 1 saturated heterocycles. The SMILES string of the molecule is OC[C@@H](c1ccccc1)[NH+]1CCC[C@H](c2ccccc2)C1.[Cl-]. The third-order valence-corrected chi connectivity index (χ3v) is 4.71. The van der Waals surface area contributed by atoms with Crippen molar-refractivity contribution in [1.29, 1.82) is 0 Å². The topological polar surface area (TPSA) is 24.7 Å². The van der Waals surface area contributed by atoms with Crippen molar-refractivity contribution in [3.05, 3.63) is 71.8 Å². The zero-order valence-corrected chi connectivity index (χ0v) is 13.5. The molecule has 0 aromatic heterocycles. The Bertz CT molecular complexity index is 546. The quantitative estimate of drug-likeness (QED) is 0.757. The van der Waals surface area contributed by atoms with Gasteiger partial charge in [-0.2, -0.15) is 0 Å². The van der Waals surface area contributed by atoms with Crippen LogP contribution in [0.1, 0.15) is 35.9 Å². The largest absolute Gasteiger partial charge is 1.00 e. The number of halogens is 1. The van der Waals surface area contributed by atoms with Crippen LogP contribution in [0, 0.1) is 0 Å². The molecule has 0 radical (unpaired) electrons. The molecule has 22 heavy (non-hydrogen) atoms. The molecule has 3 rings (SSSR count). The first-order valence-electron chi connectivity index (χ1n) is 7.94. The zero-order valence-electron chi connectivity index (χ0n) is 12.8. The molecule has 3 heteroatoms. The van der Waals surface area contributed by atoms with Crippen LogP contribution in [0.4, 0.5) is 0 Å². The molecular weight excluding hydrogens is 294 g/mol. The first-order valence-corrected chi connectivity index (χ1v) is 7.94. The minimum atomic E-state index is 0. The maximum Gasteiger partial charge on any atom is 0.136 e. The summed E-state index contributed by atoms with van der Waals surface area (Å²) in [4.78, 5) is 1.52. The molecule has 0 aliphatic carbocycles. The van der Waals surface area contributed by atoms with E-state index in [0.717, 1.165) is 13.1 Å². The smallest absolute Gasteiger partial charge is 0.136 e. The van der Waals surface area contributed by atoms with Gasteiger partial charge in [0, 0.05) is 11.5 Å². The van der Waals surface area contributed by atoms with E-state index >= 15 is 0 Å². The van der Waals surface area contributed by atoms with Gasteiger partial charge in [0.25, 0.3) is 0 Å². The molecule has 0 saturated carbocycles. The second-order valence-electron chi connectivity index (χ2n) is 6.01. The second-order valence-corrected chi connectivity index (χ2v) is 6.01. The highest BCUT2D eigenvalue weighted by Crippen LogP contribution is 2.22. The number of hydrogen-bond acceptors (Lipinski definition) is 1. The summed E-state index contributed by atoms with van der Waals surface area (Å²) < 4.78 is 0. The molecule has 2 N–H and O–H groups in total. The standard InChI is InChI=1S/C19H23NO.ClH/c21-15-19(17-10-5-2-6-11-17)20-13-7-12-18(14-20)16-8-3-1-4-9-16;/h1-6,8-11,18-19,21H,7,12-15H2;1H/t18-,19-;/m0./s1. The van der Waals surface area contributed by atoms with Crippen molar-refractivity contribution in [2.45, 2.75) is 24.8 Å². The van der Waals surface area contributed by atoms with Crippen molar-refractivity contribution in [3.8, 4) is 0 Å². The number of aliphatic hydroxyl groups is 1. The normalized spacial score (nSPS) is 22.6. The fourth-order valence-electron chi connectivity index (χ4n) is 3.58. The lowest BCUT2D eigenvalue weighted by molar-refractivity contribution is -0.938. The highest BCUT2D eigenvalue weighted by atomic mass is 35.5. The molecule has 1 aliphatic rings. The average Bonchev–Trinajstić information content (AvgIpc) is 2.58. The number of rotatable bonds is 4. The van der Waals surface area contributed by atoms with Gasteiger partial charge in [0.15, 0.2) is 0 Å². The minimum absolute atomic E-state index is 0. The third-order valence-electron chi connectivity index (χ3n) is 4.71. The Morgan fingerprint density at radius 3 is 2.27 bits per heavy atom. The predicted octanol–water partition coefficient (Wildman–Crippen LogP) is -0.813. The highest BCUT2D eigenvalue weighted by Gasteiger charge is 2.30. The number of likely N-dealkylation sites (tertiary alicyclic amines) is 1. The molecule has 1 heterocycles. The van der Waals surface area contributed by atoms with E-state index in [0.29, 0.717) is 5.92 Å². The van der Waals surface area contributed by atoms with E-state index in [2.05, 4.69) is 54.6 Å². The number of benzene rings is 2. The lowest BCUT2D eigenvalue weighted by Gasteiger charge is -2.35. The Morgan fingerprint density at radius 1 is 1.00 bits per heavy atom. The monoisotopic (exact) mass is 317 g/mol. The lowest BCUT2D eigenvalue weighted by Crippen LogP contribution is -3.14. The highest BCUT2D eigenvalue weighted by molar-refractivity contribution is 5.20. The second kappa shape index (κ2) is 8.33. The van der Waals surface area contributed by atoms with Crippen LogP contribution in [0.5, 0.6) is 0 Å². The van der Waals surface area contributed by atoms with Crippen LogP contribution in [0.2, 0.25) is 0 Å². The summed E-state index contributed by atoms with van der Waals surface area (Å²) >= 11 is 0. The van der Waals surface area contributed by atoms with Crippen molar-refractivity contribution in [3.63, 3.8) is 0 Å². The lowest BCUT2D eigenvalue weighted by atomic mass is 9.89. The van der Waals surface area contributed by atoms with Crippen molar-refractivity contribution in [1.82, 2.24) is 0 Å². The van der Waals surface area contributed by atoms with E-state index in [4.69, 9.17) is 0 Å². The van der Waals surface area contributed by atoms with Crippen LogP contribution in [0.25, 0.3) is 0 Å². The van der Waals surface area contributed by atoms with Gasteiger partial charge in [-0.25, -0.2) is 0 Å². The van der Waals surface area contributed by atoms with Crippen LogP contribution in [0.3, 0.4) is 0 Å². The van der Waals surface area contributed by atoms with E-state index < -0.39 is 0 Å². The first-order chi connectivity index (χ1) is 10.4. The maximum absolute atomic E-state index is 9.87. The van der Waals surface area contributed by atoms with Crippen molar-refractivity contribution in [2.75, 3.05) is 19.7 Å². The van der Waals surface area contributed by atoms with Gasteiger partial charge in [-0.15, -0.1) is 0 Å². The number of piperidine rings is 1. The summed E-state index contributed by atoms with van der Waals surface area (Å²) in [5, 5.41) is 9.87. The molecule has 1 unspecified atom stereocenters. The molecule has 1 aliphatic heterocycles. The summed E-state index contributed by atoms with van der Waals surface area (Å²) in [7, 11) is 0. The van der Waals surface area contributed by atoms with Crippen LogP contribution in [-0.4, -0.2) is 24.8 Å². The summed E-state index contributed by atoms with van der Waals surface area (Å²) in [6, 6.07) is 21.5. The summed E-state index contributed by atoms with van der Waals surface area (Å²) in [5.74, 6) is 0.618. The van der Waals surface area contributed by atoms with Crippen molar-refractivity contribution < 1.29 is 22.4 Å². The van der Waals surface area contributed by atoms with Gasteiger partial charge >= 0.3 is 0 Å². The molecule has 1 fully saturated rings. The first kappa shape index (κ1) is 17.0. The molecule has 2 aromatic carbocycles. The van der Waals surface area contributed by atoms with Gasteiger partial charge < -0.3 is 22.4 Å². The minimum Gasteiger partial charge on any atom is -1.00 e. The van der Waals surface area contributed by atoms with Gasteiger partial charge in [-0.05, 0) is 18.4 Å². The van der Waals surface area contributed by atoms with E-state index in [1.54, 1.807) is 0 Å².